The van der Waals surface area contributed by atoms with Gasteiger partial charge in [-0.15, -0.1) is 0 Å². The average Bonchev–Trinajstić information content (AvgIpc) is 2.28. The van der Waals surface area contributed by atoms with Crippen LogP contribution in [-0.2, 0) is 0 Å². The van der Waals surface area contributed by atoms with E-state index in [9.17, 15) is 5.11 Å². The second-order valence-electron chi connectivity index (χ2n) is 4.87. The number of hydrogen-bond donors (Lipinski definition) is 1. The molecule has 1 heterocycles. The minimum atomic E-state index is -0.328. The van der Waals surface area contributed by atoms with Gasteiger partial charge in [0.1, 0.15) is 5.82 Å². The van der Waals surface area contributed by atoms with Crippen LogP contribution in [0.15, 0.2) is 18.2 Å². The Bertz CT molecular complexity index is 337. The number of aromatic nitrogens is 1. The third kappa shape index (κ3) is 4.35. The highest BCUT2D eigenvalue weighted by atomic mass is 16.3. The Labute approximate surface area is 104 Å². The van der Waals surface area contributed by atoms with E-state index in [2.05, 4.69) is 36.7 Å². The fourth-order valence-corrected chi connectivity index (χ4v) is 1.83. The molecule has 0 aliphatic carbocycles. The van der Waals surface area contributed by atoms with Crippen molar-refractivity contribution in [1.29, 1.82) is 0 Å². The molecular formula is C14H24N2O. The van der Waals surface area contributed by atoms with Crippen molar-refractivity contribution < 1.29 is 5.11 Å². The predicted molar refractivity (Wildman–Crippen MR) is 72.5 cm³/mol. The molecule has 1 aromatic rings. The molecule has 17 heavy (non-hydrogen) atoms. The molecule has 0 spiro atoms. The summed E-state index contributed by atoms with van der Waals surface area (Å²) < 4.78 is 0. The Morgan fingerprint density at radius 3 is 2.53 bits per heavy atom. The number of hydrogen-bond acceptors (Lipinski definition) is 3. The molecule has 0 fully saturated rings. The van der Waals surface area contributed by atoms with Crippen LogP contribution >= 0.6 is 0 Å². The third-order valence-corrected chi connectivity index (χ3v) is 2.65. The lowest BCUT2D eigenvalue weighted by Crippen LogP contribution is -2.32. The van der Waals surface area contributed by atoms with Crippen LogP contribution in [0.1, 0.15) is 45.7 Å². The van der Waals surface area contributed by atoms with Crippen LogP contribution in [-0.4, -0.2) is 29.3 Å². The normalized spacial score (nSPS) is 12.8. The largest absolute Gasteiger partial charge is 0.392 e. The molecule has 1 N–H and O–H groups in total. The van der Waals surface area contributed by atoms with Crippen molar-refractivity contribution in [3.05, 3.63) is 23.9 Å². The second kappa shape index (κ2) is 6.60. The molecular weight excluding hydrogens is 212 g/mol. The van der Waals surface area contributed by atoms with E-state index in [0.29, 0.717) is 12.5 Å². The van der Waals surface area contributed by atoms with Crippen molar-refractivity contribution in [2.24, 2.45) is 0 Å². The first-order valence-corrected chi connectivity index (χ1v) is 6.44. The lowest BCUT2D eigenvalue weighted by molar-refractivity contribution is 0.199. The van der Waals surface area contributed by atoms with Crippen molar-refractivity contribution in [3.8, 4) is 0 Å². The van der Waals surface area contributed by atoms with Crippen molar-refractivity contribution in [2.75, 3.05) is 18.0 Å². The van der Waals surface area contributed by atoms with Crippen LogP contribution in [0.5, 0.6) is 0 Å². The highest BCUT2D eigenvalue weighted by Gasteiger charge is 2.11. The van der Waals surface area contributed by atoms with Gasteiger partial charge in [-0.1, -0.05) is 26.8 Å². The summed E-state index contributed by atoms with van der Waals surface area (Å²) in [6.45, 7) is 9.81. The Kier molecular flexibility index (Phi) is 5.42. The molecule has 0 aromatic carbocycles. The van der Waals surface area contributed by atoms with Crippen molar-refractivity contribution >= 4 is 5.82 Å². The summed E-state index contributed by atoms with van der Waals surface area (Å²) >= 11 is 0. The van der Waals surface area contributed by atoms with Gasteiger partial charge in [-0.2, -0.15) is 0 Å². The maximum atomic E-state index is 9.52. The van der Waals surface area contributed by atoms with Crippen LogP contribution in [0.2, 0.25) is 0 Å². The Hall–Kier alpha value is -1.09. The smallest absolute Gasteiger partial charge is 0.128 e. The molecule has 96 valence electrons. The summed E-state index contributed by atoms with van der Waals surface area (Å²) in [4.78, 5) is 6.81. The Balaban J connectivity index is 2.88. The average molecular weight is 236 g/mol. The maximum Gasteiger partial charge on any atom is 0.128 e. The van der Waals surface area contributed by atoms with Gasteiger partial charge in [-0.05, 0) is 31.4 Å². The molecule has 1 rings (SSSR count). The van der Waals surface area contributed by atoms with Crippen LogP contribution in [0.25, 0.3) is 0 Å². The van der Waals surface area contributed by atoms with Gasteiger partial charge in [0.05, 0.1) is 6.10 Å². The number of aliphatic hydroxyl groups excluding tert-OH is 1. The molecule has 0 bridgehead atoms. The first kappa shape index (κ1) is 14.0. The molecule has 0 saturated carbocycles. The van der Waals surface area contributed by atoms with E-state index in [0.717, 1.165) is 24.5 Å². The van der Waals surface area contributed by atoms with Crippen LogP contribution in [0, 0.1) is 0 Å². The molecule has 0 saturated heterocycles. The maximum absolute atomic E-state index is 9.52. The zero-order valence-corrected chi connectivity index (χ0v) is 11.3. The molecule has 0 radical (unpaired) electrons. The van der Waals surface area contributed by atoms with Crippen molar-refractivity contribution in [3.63, 3.8) is 0 Å². The van der Waals surface area contributed by atoms with E-state index in [1.165, 1.54) is 0 Å². The van der Waals surface area contributed by atoms with Gasteiger partial charge in [-0.3, -0.25) is 0 Å². The molecule has 0 unspecified atom stereocenters. The molecule has 0 aliphatic rings. The lowest BCUT2D eigenvalue weighted by atomic mass is 10.1. The van der Waals surface area contributed by atoms with Gasteiger partial charge in [-0.25, -0.2) is 4.98 Å². The number of aliphatic hydroxyl groups is 1. The molecule has 0 aliphatic heterocycles. The van der Waals surface area contributed by atoms with E-state index in [1.807, 2.05) is 19.1 Å². The first-order chi connectivity index (χ1) is 8.04. The van der Waals surface area contributed by atoms with Gasteiger partial charge in [0.2, 0.25) is 0 Å². The van der Waals surface area contributed by atoms with Gasteiger partial charge in [0, 0.05) is 18.8 Å². The highest BCUT2D eigenvalue weighted by Crippen LogP contribution is 2.17. The van der Waals surface area contributed by atoms with Crippen molar-refractivity contribution in [2.45, 2.75) is 46.1 Å². The van der Waals surface area contributed by atoms with Crippen LogP contribution in [0.4, 0.5) is 5.82 Å². The van der Waals surface area contributed by atoms with Gasteiger partial charge in [0.25, 0.3) is 0 Å². The predicted octanol–water partition coefficient (Wildman–Crippen LogP) is 2.80. The highest BCUT2D eigenvalue weighted by molar-refractivity contribution is 5.39. The van der Waals surface area contributed by atoms with Crippen LogP contribution < -0.4 is 4.90 Å². The Morgan fingerprint density at radius 1 is 1.29 bits per heavy atom. The van der Waals surface area contributed by atoms with E-state index < -0.39 is 0 Å². The SMILES string of the molecule is CCCN(C[C@H](C)O)c1cccc(C(C)C)n1. The number of rotatable bonds is 6. The number of nitrogens with zero attached hydrogens (tertiary/aromatic N) is 2. The summed E-state index contributed by atoms with van der Waals surface area (Å²) in [6, 6.07) is 6.12. The third-order valence-electron chi connectivity index (χ3n) is 2.65. The topological polar surface area (TPSA) is 36.4 Å². The van der Waals surface area contributed by atoms with Crippen LogP contribution in [0.3, 0.4) is 0 Å². The van der Waals surface area contributed by atoms with Gasteiger partial charge in [0.15, 0.2) is 0 Å². The quantitative estimate of drug-likeness (QED) is 0.825. The standard InChI is InChI=1S/C14H24N2O/c1-5-9-16(10-12(4)17)14-8-6-7-13(15-14)11(2)3/h6-8,11-12,17H,5,9-10H2,1-4H3/t12-/m0/s1. The zero-order valence-electron chi connectivity index (χ0n) is 11.3. The summed E-state index contributed by atoms with van der Waals surface area (Å²) in [7, 11) is 0. The molecule has 0 amide bonds. The first-order valence-electron chi connectivity index (χ1n) is 6.44. The van der Waals surface area contributed by atoms with E-state index in [1.54, 1.807) is 0 Å². The van der Waals surface area contributed by atoms with Crippen molar-refractivity contribution in [1.82, 2.24) is 4.98 Å². The summed E-state index contributed by atoms with van der Waals surface area (Å²) in [5, 5.41) is 9.52. The summed E-state index contributed by atoms with van der Waals surface area (Å²) in [6.07, 6.45) is 0.728. The number of anilines is 1. The minimum Gasteiger partial charge on any atom is -0.392 e. The second-order valence-corrected chi connectivity index (χ2v) is 4.87. The lowest BCUT2D eigenvalue weighted by Gasteiger charge is -2.25. The molecule has 3 heteroatoms. The fourth-order valence-electron chi connectivity index (χ4n) is 1.83. The van der Waals surface area contributed by atoms with Gasteiger partial charge < -0.3 is 10.0 Å². The zero-order chi connectivity index (χ0) is 12.8. The summed E-state index contributed by atoms with van der Waals surface area (Å²) in [5.41, 5.74) is 1.11. The fraction of sp³-hybridized carbons (Fsp3) is 0.643. The summed E-state index contributed by atoms with van der Waals surface area (Å²) in [5.74, 6) is 1.41. The Morgan fingerprint density at radius 2 is 2.00 bits per heavy atom. The monoisotopic (exact) mass is 236 g/mol. The van der Waals surface area contributed by atoms with E-state index in [-0.39, 0.29) is 6.10 Å². The molecule has 1 atom stereocenters. The minimum absolute atomic E-state index is 0.328. The van der Waals surface area contributed by atoms with E-state index in [4.69, 9.17) is 0 Å². The van der Waals surface area contributed by atoms with Gasteiger partial charge >= 0.3 is 0 Å². The number of pyridine rings is 1. The molecule has 3 nitrogen and oxygen atoms in total. The molecule has 1 aromatic heterocycles. The van der Waals surface area contributed by atoms with E-state index >= 15 is 0 Å².